The van der Waals surface area contributed by atoms with Gasteiger partial charge in [-0.2, -0.15) is 0 Å². The third-order valence-corrected chi connectivity index (χ3v) is 5.88. The topological polar surface area (TPSA) is 38.9 Å². The largest absolute Gasteiger partial charge is 0.324 e. The molecule has 1 unspecified atom stereocenters. The SMILES string of the molecule is NC(c1ccncc1F)C1C2CC3CC(C2)CC1C3. The van der Waals surface area contributed by atoms with Gasteiger partial charge in [0.05, 0.1) is 6.20 Å². The van der Waals surface area contributed by atoms with Gasteiger partial charge in [0.2, 0.25) is 0 Å². The molecule has 5 rings (SSSR count). The average molecular weight is 260 g/mol. The van der Waals surface area contributed by atoms with Gasteiger partial charge in [-0.25, -0.2) is 4.39 Å². The van der Waals surface area contributed by atoms with Crippen molar-refractivity contribution in [2.75, 3.05) is 0 Å². The number of halogens is 1. The molecular weight excluding hydrogens is 239 g/mol. The smallest absolute Gasteiger partial charge is 0.146 e. The fraction of sp³-hybridized carbons (Fsp3) is 0.688. The van der Waals surface area contributed by atoms with Crippen molar-refractivity contribution in [1.29, 1.82) is 0 Å². The van der Waals surface area contributed by atoms with E-state index in [-0.39, 0.29) is 11.9 Å². The molecule has 4 fully saturated rings. The molecule has 1 heterocycles. The fourth-order valence-corrected chi connectivity index (χ4v) is 5.42. The zero-order valence-electron chi connectivity index (χ0n) is 11.1. The molecule has 1 aromatic heterocycles. The molecule has 2 N–H and O–H groups in total. The molecule has 4 aliphatic rings. The molecule has 19 heavy (non-hydrogen) atoms. The molecule has 1 aromatic rings. The number of pyridine rings is 1. The van der Waals surface area contributed by atoms with Crippen LogP contribution in [0.5, 0.6) is 0 Å². The van der Waals surface area contributed by atoms with E-state index < -0.39 is 0 Å². The van der Waals surface area contributed by atoms with Gasteiger partial charge in [-0.1, -0.05) is 0 Å². The highest BCUT2D eigenvalue weighted by molar-refractivity contribution is 5.20. The van der Waals surface area contributed by atoms with Gasteiger partial charge in [0.25, 0.3) is 0 Å². The molecule has 0 spiro atoms. The van der Waals surface area contributed by atoms with Crippen LogP contribution < -0.4 is 5.73 Å². The Morgan fingerprint density at radius 2 is 1.74 bits per heavy atom. The van der Waals surface area contributed by atoms with E-state index in [1.807, 2.05) is 0 Å². The van der Waals surface area contributed by atoms with Gasteiger partial charge in [0.15, 0.2) is 0 Å². The van der Waals surface area contributed by atoms with Crippen LogP contribution in [0.2, 0.25) is 0 Å². The molecule has 0 amide bonds. The van der Waals surface area contributed by atoms with Crippen molar-refractivity contribution in [2.45, 2.75) is 38.1 Å². The highest BCUT2D eigenvalue weighted by Crippen LogP contribution is 2.58. The number of rotatable bonds is 2. The Bertz CT molecular complexity index is 459. The van der Waals surface area contributed by atoms with E-state index in [9.17, 15) is 4.39 Å². The Balaban J connectivity index is 1.64. The minimum Gasteiger partial charge on any atom is -0.324 e. The summed E-state index contributed by atoms with van der Waals surface area (Å²) in [5.41, 5.74) is 7.13. The van der Waals surface area contributed by atoms with Crippen molar-refractivity contribution in [3.8, 4) is 0 Å². The third kappa shape index (κ3) is 1.82. The molecule has 3 heteroatoms. The van der Waals surface area contributed by atoms with Crippen molar-refractivity contribution < 1.29 is 4.39 Å². The molecular formula is C16H21FN2. The summed E-state index contributed by atoms with van der Waals surface area (Å²) >= 11 is 0. The second kappa shape index (κ2) is 4.27. The maximum atomic E-state index is 13.9. The van der Waals surface area contributed by atoms with Crippen LogP contribution in [0.1, 0.15) is 43.7 Å². The van der Waals surface area contributed by atoms with Gasteiger partial charge in [0, 0.05) is 17.8 Å². The number of hydrogen-bond donors (Lipinski definition) is 1. The van der Waals surface area contributed by atoms with Gasteiger partial charge >= 0.3 is 0 Å². The van der Waals surface area contributed by atoms with E-state index in [0.717, 1.165) is 23.7 Å². The molecule has 102 valence electrons. The minimum atomic E-state index is -0.233. The lowest BCUT2D eigenvalue weighted by molar-refractivity contribution is -0.0475. The maximum absolute atomic E-state index is 13.9. The molecule has 4 saturated carbocycles. The lowest BCUT2D eigenvalue weighted by Gasteiger charge is -2.56. The molecule has 0 aliphatic heterocycles. The first kappa shape index (κ1) is 11.8. The van der Waals surface area contributed by atoms with Crippen LogP contribution in [0.15, 0.2) is 18.5 Å². The Morgan fingerprint density at radius 1 is 1.11 bits per heavy atom. The van der Waals surface area contributed by atoms with Crippen LogP contribution in [-0.4, -0.2) is 4.98 Å². The van der Waals surface area contributed by atoms with Crippen molar-refractivity contribution in [2.24, 2.45) is 35.3 Å². The minimum absolute atomic E-state index is 0.141. The highest BCUT2D eigenvalue weighted by atomic mass is 19.1. The normalized spacial score (nSPS) is 41.5. The van der Waals surface area contributed by atoms with Gasteiger partial charge in [-0.05, 0) is 67.8 Å². The summed E-state index contributed by atoms with van der Waals surface area (Å²) in [6.07, 6.45) is 9.73. The van der Waals surface area contributed by atoms with Crippen LogP contribution in [0.25, 0.3) is 0 Å². The van der Waals surface area contributed by atoms with Crippen LogP contribution in [0.4, 0.5) is 4.39 Å². The van der Waals surface area contributed by atoms with Crippen LogP contribution in [0.3, 0.4) is 0 Å². The molecule has 0 aromatic carbocycles. The standard InChI is InChI=1S/C16H21FN2/c17-14-8-19-2-1-13(14)16(18)15-11-4-9-3-10(6-11)7-12(15)5-9/h1-2,8-12,15-16H,3-7,18H2. The number of nitrogens with zero attached hydrogens (tertiary/aromatic N) is 1. The second-order valence-electron chi connectivity index (χ2n) is 6.93. The molecule has 4 aliphatic carbocycles. The lowest BCUT2D eigenvalue weighted by atomic mass is 9.50. The lowest BCUT2D eigenvalue weighted by Crippen LogP contribution is -2.48. The molecule has 2 nitrogen and oxygen atoms in total. The third-order valence-electron chi connectivity index (χ3n) is 5.88. The fourth-order valence-electron chi connectivity index (χ4n) is 5.42. The maximum Gasteiger partial charge on any atom is 0.146 e. The first-order valence-corrected chi connectivity index (χ1v) is 7.57. The summed E-state index contributed by atoms with van der Waals surface area (Å²) in [7, 11) is 0. The first-order chi connectivity index (χ1) is 9.22. The van der Waals surface area contributed by atoms with E-state index in [0.29, 0.717) is 11.5 Å². The van der Waals surface area contributed by atoms with Crippen molar-refractivity contribution in [3.05, 3.63) is 29.8 Å². The number of hydrogen-bond acceptors (Lipinski definition) is 2. The van der Waals surface area contributed by atoms with Crippen LogP contribution in [0, 0.1) is 35.4 Å². The van der Waals surface area contributed by atoms with Crippen LogP contribution >= 0.6 is 0 Å². The summed E-state index contributed by atoms with van der Waals surface area (Å²) in [4.78, 5) is 3.83. The summed E-state index contributed by atoms with van der Waals surface area (Å²) in [6.45, 7) is 0. The van der Waals surface area contributed by atoms with Crippen molar-refractivity contribution >= 4 is 0 Å². The number of nitrogens with two attached hydrogens (primary N) is 1. The molecule has 4 bridgehead atoms. The molecule has 1 atom stereocenters. The Hall–Kier alpha value is -0.960. The number of aromatic nitrogens is 1. The Kier molecular flexibility index (Phi) is 2.66. The molecule has 0 radical (unpaired) electrons. The van der Waals surface area contributed by atoms with E-state index in [2.05, 4.69) is 4.98 Å². The van der Waals surface area contributed by atoms with Crippen molar-refractivity contribution in [3.63, 3.8) is 0 Å². The predicted molar refractivity (Wildman–Crippen MR) is 71.7 cm³/mol. The van der Waals surface area contributed by atoms with Crippen LogP contribution in [-0.2, 0) is 0 Å². The second-order valence-corrected chi connectivity index (χ2v) is 6.93. The van der Waals surface area contributed by atoms with E-state index >= 15 is 0 Å². The monoisotopic (exact) mass is 260 g/mol. The summed E-state index contributed by atoms with van der Waals surface area (Å²) < 4.78 is 13.9. The van der Waals surface area contributed by atoms with Gasteiger partial charge in [0.1, 0.15) is 5.82 Å². The van der Waals surface area contributed by atoms with Gasteiger partial charge in [-0.3, -0.25) is 4.98 Å². The van der Waals surface area contributed by atoms with Gasteiger partial charge < -0.3 is 5.73 Å². The van der Waals surface area contributed by atoms with E-state index in [1.54, 1.807) is 12.3 Å². The average Bonchev–Trinajstić information content (AvgIpc) is 2.37. The van der Waals surface area contributed by atoms with E-state index in [1.165, 1.54) is 38.3 Å². The zero-order valence-corrected chi connectivity index (χ0v) is 11.1. The zero-order chi connectivity index (χ0) is 13.0. The summed E-state index contributed by atoms with van der Waals surface area (Å²) in [5, 5.41) is 0. The Labute approximate surface area is 113 Å². The quantitative estimate of drug-likeness (QED) is 0.886. The summed E-state index contributed by atoms with van der Waals surface area (Å²) in [6, 6.07) is 1.63. The van der Waals surface area contributed by atoms with Crippen molar-refractivity contribution in [1.82, 2.24) is 4.98 Å². The van der Waals surface area contributed by atoms with Gasteiger partial charge in [-0.15, -0.1) is 0 Å². The summed E-state index contributed by atoms with van der Waals surface area (Å²) in [5.74, 6) is 3.60. The first-order valence-electron chi connectivity index (χ1n) is 7.57. The highest BCUT2D eigenvalue weighted by Gasteiger charge is 2.50. The predicted octanol–water partition coefficient (Wildman–Crippen LogP) is 3.29. The molecule has 0 saturated heterocycles. The van der Waals surface area contributed by atoms with E-state index in [4.69, 9.17) is 5.73 Å². The Morgan fingerprint density at radius 3 is 2.32 bits per heavy atom.